The molecule has 1 amide bonds. The SMILES string of the molecule is CCN1CCC(OC2CNC2)C1=O. The van der Waals surface area contributed by atoms with Crippen LogP contribution in [0, 0.1) is 0 Å². The number of nitrogens with one attached hydrogen (secondary N) is 1. The number of rotatable bonds is 3. The highest BCUT2D eigenvalue weighted by Crippen LogP contribution is 2.16. The van der Waals surface area contributed by atoms with Crippen LogP contribution in [0.5, 0.6) is 0 Å². The summed E-state index contributed by atoms with van der Waals surface area (Å²) < 4.78 is 5.64. The molecule has 74 valence electrons. The van der Waals surface area contributed by atoms with E-state index in [0.29, 0.717) is 0 Å². The zero-order valence-electron chi connectivity index (χ0n) is 7.95. The molecule has 2 aliphatic heterocycles. The fourth-order valence-electron chi connectivity index (χ4n) is 1.74. The van der Waals surface area contributed by atoms with Crippen molar-refractivity contribution in [3.63, 3.8) is 0 Å². The Hall–Kier alpha value is -0.610. The van der Waals surface area contributed by atoms with Crippen LogP contribution in [0.3, 0.4) is 0 Å². The lowest BCUT2D eigenvalue weighted by molar-refractivity contribution is -0.141. The summed E-state index contributed by atoms with van der Waals surface area (Å²) in [5.41, 5.74) is 0. The van der Waals surface area contributed by atoms with Gasteiger partial charge in [0.2, 0.25) is 0 Å². The van der Waals surface area contributed by atoms with Gasteiger partial charge in [-0.2, -0.15) is 0 Å². The summed E-state index contributed by atoms with van der Waals surface area (Å²) in [6.45, 7) is 5.47. The van der Waals surface area contributed by atoms with Gasteiger partial charge in [0.05, 0.1) is 6.10 Å². The highest BCUT2D eigenvalue weighted by molar-refractivity contribution is 5.82. The molecule has 2 aliphatic rings. The normalized spacial score (nSPS) is 29.5. The van der Waals surface area contributed by atoms with Crippen LogP contribution < -0.4 is 5.32 Å². The van der Waals surface area contributed by atoms with Crippen LogP contribution in [0.1, 0.15) is 13.3 Å². The summed E-state index contributed by atoms with van der Waals surface area (Å²) >= 11 is 0. The molecule has 1 N–H and O–H groups in total. The summed E-state index contributed by atoms with van der Waals surface area (Å²) in [4.78, 5) is 13.5. The Morgan fingerprint density at radius 2 is 2.38 bits per heavy atom. The molecule has 1 atom stereocenters. The predicted octanol–water partition coefficient (Wildman–Crippen LogP) is -0.404. The summed E-state index contributed by atoms with van der Waals surface area (Å²) in [7, 11) is 0. The third kappa shape index (κ3) is 1.69. The first kappa shape index (κ1) is 8.97. The Morgan fingerprint density at radius 3 is 2.85 bits per heavy atom. The first-order valence-corrected chi connectivity index (χ1v) is 4.96. The number of hydrogen-bond donors (Lipinski definition) is 1. The summed E-state index contributed by atoms with van der Waals surface area (Å²) in [5.74, 6) is 0.175. The number of nitrogens with zero attached hydrogens (tertiary/aromatic N) is 1. The van der Waals surface area contributed by atoms with Gasteiger partial charge in [-0.1, -0.05) is 0 Å². The van der Waals surface area contributed by atoms with Crippen LogP contribution >= 0.6 is 0 Å². The first-order chi connectivity index (χ1) is 6.31. The molecule has 0 saturated carbocycles. The lowest BCUT2D eigenvalue weighted by atomic mass is 10.2. The van der Waals surface area contributed by atoms with Gasteiger partial charge in [-0.15, -0.1) is 0 Å². The van der Waals surface area contributed by atoms with Gasteiger partial charge in [0.1, 0.15) is 6.10 Å². The monoisotopic (exact) mass is 184 g/mol. The molecule has 0 aromatic rings. The fraction of sp³-hybridized carbons (Fsp3) is 0.889. The van der Waals surface area contributed by atoms with E-state index in [4.69, 9.17) is 4.74 Å². The zero-order valence-corrected chi connectivity index (χ0v) is 7.95. The molecule has 2 heterocycles. The van der Waals surface area contributed by atoms with Gasteiger partial charge in [0.25, 0.3) is 5.91 Å². The van der Waals surface area contributed by atoms with Gasteiger partial charge in [-0.3, -0.25) is 4.79 Å². The smallest absolute Gasteiger partial charge is 0.251 e. The minimum atomic E-state index is -0.160. The van der Waals surface area contributed by atoms with Crippen LogP contribution in [-0.4, -0.2) is 49.2 Å². The number of carbonyl (C=O) groups excluding carboxylic acids is 1. The van der Waals surface area contributed by atoms with Crippen LogP contribution in [0.4, 0.5) is 0 Å². The molecule has 1 unspecified atom stereocenters. The predicted molar refractivity (Wildman–Crippen MR) is 48.4 cm³/mol. The van der Waals surface area contributed by atoms with E-state index in [0.717, 1.165) is 32.6 Å². The van der Waals surface area contributed by atoms with Crippen molar-refractivity contribution >= 4 is 5.91 Å². The number of ether oxygens (including phenoxy) is 1. The van der Waals surface area contributed by atoms with Crippen molar-refractivity contribution in [2.75, 3.05) is 26.2 Å². The van der Waals surface area contributed by atoms with E-state index in [1.807, 2.05) is 11.8 Å². The molecular formula is C9H16N2O2. The van der Waals surface area contributed by atoms with Crippen molar-refractivity contribution in [1.82, 2.24) is 10.2 Å². The van der Waals surface area contributed by atoms with E-state index < -0.39 is 0 Å². The molecule has 13 heavy (non-hydrogen) atoms. The number of amides is 1. The first-order valence-electron chi connectivity index (χ1n) is 4.96. The highest BCUT2D eigenvalue weighted by atomic mass is 16.5. The standard InChI is InChI=1S/C9H16N2O2/c1-2-11-4-3-8(9(11)12)13-7-5-10-6-7/h7-8,10H,2-6H2,1H3. The maximum absolute atomic E-state index is 11.6. The van der Waals surface area contributed by atoms with Gasteiger partial charge >= 0.3 is 0 Å². The molecule has 0 aromatic carbocycles. The Bertz CT molecular complexity index is 204. The quantitative estimate of drug-likeness (QED) is 0.648. The summed E-state index contributed by atoms with van der Waals surface area (Å²) in [5, 5.41) is 3.13. The maximum Gasteiger partial charge on any atom is 0.251 e. The van der Waals surface area contributed by atoms with Gasteiger partial charge in [0, 0.05) is 32.6 Å². The van der Waals surface area contributed by atoms with E-state index in [2.05, 4.69) is 5.32 Å². The second-order valence-electron chi connectivity index (χ2n) is 3.61. The molecule has 0 radical (unpaired) electrons. The van der Waals surface area contributed by atoms with Crippen molar-refractivity contribution in [1.29, 1.82) is 0 Å². The van der Waals surface area contributed by atoms with Crippen molar-refractivity contribution in [2.24, 2.45) is 0 Å². The van der Waals surface area contributed by atoms with E-state index in [9.17, 15) is 4.79 Å². The molecule has 2 fully saturated rings. The number of carbonyl (C=O) groups is 1. The Balaban J connectivity index is 1.83. The molecule has 0 bridgehead atoms. The van der Waals surface area contributed by atoms with Crippen LogP contribution in [-0.2, 0) is 9.53 Å². The van der Waals surface area contributed by atoms with Gasteiger partial charge < -0.3 is 15.0 Å². The van der Waals surface area contributed by atoms with Crippen LogP contribution in [0.25, 0.3) is 0 Å². The van der Waals surface area contributed by atoms with E-state index in [1.165, 1.54) is 0 Å². The summed E-state index contributed by atoms with van der Waals surface area (Å²) in [6, 6.07) is 0. The number of likely N-dealkylation sites (tertiary alicyclic amines) is 1. The highest BCUT2D eigenvalue weighted by Gasteiger charge is 2.34. The van der Waals surface area contributed by atoms with Crippen LogP contribution in [0.2, 0.25) is 0 Å². The van der Waals surface area contributed by atoms with E-state index in [-0.39, 0.29) is 18.1 Å². The number of hydrogen-bond acceptors (Lipinski definition) is 3. The molecular weight excluding hydrogens is 168 g/mol. The van der Waals surface area contributed by atoms with Gasteiger partial charge in [-0.25, -0.2) is 0 Å². The minimum absolute atomic E-state index is 0.160. The Kier molecular flexibility index (Phi) is 2.51. The van der Waals surface area contributed by atoms with Crippen molar-refractivity contribution < 1.29 is 9.53 Å². The van der Waals surface area contributed by atoms with Crippen molar-refractivity contribution in [2.45, 2.75) is 25.6 Å². The topological polar surface area (TPSA) is 41.6 Å². The van der Waals surface area contributed by atoms with Crippen LogP contribution in [0.15, 0.2) is 0 Å². The lowest BCUT2D eigenvalue weighted by Crippen LogP contribution is -2.50. The maximum atomic E-state index is 11.6. The molecule has 0 aliphatic carbocycles. The molecule has 0 spiro atoms. The third-order valence-electron chi connectivity index (χ3n) is 2.73. The molecule has 0 aromatic heterocycles. The van der Waals surface area contributed by atoms with Crippen molar-refractivity contribution in [3.8, 4) is 0 Å². The molecule has 4 nitrogen and oxygen atoms in total. The van der Waals surface area contributed by atoms with Crippen molar-refractivity contribution in [3.05, 3.63) is 0 Å². The zero-order chi connectivity index (χ0) is 9.26. The Labute approximate surface area is 78.2 Å². The second kappa shape index (κ2) is 3.64. The van der Waals surface area contributed by atoms with E-state index in [1.54, 1.807) is 0 Å². The molecule has 4 heteroatoms. The van der Waals surface area contributed by atoms with Gasteiger partial charge in [-0.05, 0) is 6.92 Å². The number of likely N-dealkylation sites (N-methyl/N-ethyl adjacent to an activating group) is 1. The minimum Gasteiger partial charge on any atom is -0.362 e. The lowest BCUT2D eigenvalue weighted by Gasteiger charge is -2.29. The second-order valence-corrected chi connectivity index (χ2v) is 3.61. The van der Waals surface area contributed by atoms with E-state index >= 15 is 0 Å². The van der Waals surface area contributed by atoms with Gasteiger partial charge in [0.15, 0.2) is 0 Å². The molecule has 2 saturated heterocycles. The third-order valence-corrected chi connectivity index (χ3v) is 2.73. The average Bonchev–Trinajstić information content (AvgIpc) is 2.40. The fourth-order valence-corrected chi connectivity index (χ4v) is 1.74. The summed E-state index contributed by atoms with van der Waals surface area (Å²) in [6.07, 6.45) is 0.973. The average molecular weight is 184 g/mol. The largest absolute Gasteiger partial charge is 0.362 e. The molecule has 2 rings (SSSR count). The Morgan fingerprint density at radius 1 is 1.62 bits per heavy atom.